The highest BCUT2D eigenvalue weighted by Gasteiger charge is 2.10. The number of para-hydroxylation sites is 1. The van der Waals surface area contributed by atoms with E-state index < -0.39 is 0 Å². The molecule has 0 aliphatic carbocycles. The van der Waals surface area contributed by atoms with E-state index >= 15 is 0 Å². The van der Waals surface area contributed by atoms with Crippen LogP contribution < -0.4 is 9.47 Å². The fraction of sp³-hybridized carbons (Fsp3) is 0.333. The third-order valence-corrected chi connectivity index (χ3v) is 4.87. The van der Waals surface area contributed by atoms with Gasteiger partial charge in [0.15, 0.2) is 11.5 Å². The first kappa shape index (κ1) is 20.1. The van der Waals surface area contributed by atoms with E-state index in [9.17, 15) is 0 Å². The number of methoxy groups -OCH3 is 1. The first-order chi connectivity index (χ1) is 13.5. The van der Waals surface area contributed by atoms with Crippen LogP contribution in [-0.4, -0.2) is 40.0 Å². The lowest BCUT2D eigenvalue weighted by atomic mass is 10.2. The van der Waals surface area contributed by atoms with Gasteiger partial charge >= 0.3 is 0 Å². The maximum Gasteiger partial charge on any atom is 0.203 e. The van der Waals surface area contributed by atoms with E-state index in [2.05, 4.69) is 29.1 Å². The Labute approximate surface area is 170 Å². The molecule has 0 unspecified atom stereocenters. The van der Waals surface area contributed by atoms with Crippen LogP contribution >= 0.6 is 12.2 Å². The van der Waals surface area contributed by atoms with Gasteiger partial charge in [0.2, 0.25) is 4.77 Å². The van der Waals surface area contributed by atoms with Gasteiger partial charge in [-0.05, 0) is 62.4 Å². The van der Waals surface area contributed by atoms with Gasteiger partial charge in [-0.3, -0.25) is 9.47 Å². The van der Waals surface area contributed by atoms with Crippen LogP contribution in [0.3, 0.4) is 0 Å². The monoisotopic (exact) mass is 398 g/mol. The first-order valence-corrected chi connectivity index (χ1v) is 9.63. The lowest BCUT2D eigenvalue weighted by Crippen LogP contribution is -2.22. The number of nitrogens with zero attached hydrogens (tertiary/aromatic N) is 4. The van der Waals surface area contributed by atoms with Crippen LogP contribution in [0.15, 0.2) is 48.8 Å². The summed E-state index contributed by atoms with van der Waals surface area (Å²) < 4.78 is 15.5. The Morgan fingerprint density at radius 3 is 2.64 bits per heavy atom. The van der Waals surface area contributed by atoms with Gasteiger partial charge in [-0.25, -0.2) is 4.68 Å². The number of ether oxygens (including phenoxy) is 2. The van der Waals surface area contributed by atoms with Gasteiger partial charge < -0.3 is 9.47 Å². The number of aryl methyl sites for hydroxylation is 1. The van der Waals surface area contributed by atoms with Crippen LogP contribution in [0.25, 0.3) is 5.69 Å². The molecule has 0 bridgehead atoms. The van der Waals surface area contributed by atoms with Crippen molar-refractivity contribution in [2.75, 3.05) is 20.8 Å². The molecular formula is C21H26N4O2S. The second-order valence-electron chi connectivity index (χ2n) is 6.64. The Bertz CT molecular complexity index is 996. The van der Waals surface area contributed by atoms with Gasteiger partial charge in [0, 0.05) is 6.54 Å². The van der Waals surface area contributed by atoms with Gasteiger partial charge in [0.05, 0.1) is 26.1 Å². The molecule has 3 aromatic rings. The first-order valence-electron chi connectivity index (χ1n) is 9.22. The van der Waals surface area contributed by atoms with Crippen molar-refractivity contribution >= 4 is 12.2 Å². The van der Waals surface area contributed by atoms with Crippen molar-refractivity contribution in [2.45, 2.75) is 27.1 Å². The molecule has 0 fully saturated rings. The highest BCUT2D eigenvalue weighted by atomic mass is 32.1. The van der Waals surface area contributed by atoms with Gasteiger partial charge in [-0.15, -0.1) is 0 Å². The zero-order valence-electron chi connectivity index (χ0n) is 16.8. The third kappa shape index (κ3) is 4.43. The van der Waals surface area contributed by atoms with Crippen LogP contribution in [0.4, 0.5) is 0 Å². The summed E-state index contributed by atoms with van der Waals surface area (Å²) >= 11 is 5.64. The zero-order valence-corrected chi connectivity index (χ0v) is 17.6. The van der Waals surface area contributed by atoms with Crippen LogP contribution in [0, 0.1) is 11.7 Å². The molecule has 2 aromatic carbocycles. The minimum absolute atomic E-state index is 0.591. The second kappa shape index (κ2) is 9.03. The molecule has 0 N–H and O–H groups in total. The van der Waals surface area contributed by atoms with Crippen LogP contribution in [0.5, 0.6) is 11.5 Å². The second-order valence-corrected chi connectivity index (χ2v) is 7.01. The minimum atomic E-state index is 0.591. The number of benzene rings is 2. The number of hydrogen-bond donors (Lipinski definition) is 0. The van der Waals surface area contributed by atoms with Crippen molar-refractivity contribution in [2.24, 2.45) is 0 Å². The fourth-order valence-corrected chi connectivity index (χ4v) is 3.36. The van der Waals surface area contributed by atoms with Gasteiger partial charge in [0.1, 0.15) is 6.33 Å². The van der Waals surface area contributed by atoms with Crippen LogP contribution in [0.2, 0.25) is 0 Å². The predicted molar refractivity (Wildman–Crippen MR) is 113 cm³/mol. The van der Waals surface area contributed by atoms with Crippen molar-refractivity contribution in [3.05, 3.63) is 64.7 Å². The molecule has 0 saturated carbocycles. The van der Waals surface area contributed by atoms with E-state index in [1.807, 2.05) is 53.6 Å². The average molecular weight is 399 g/mol. The number of aromatic nitrogens is 3. The Hall–Kier alpha value is -2.64. The molecule has 7 heteroatoms. The SMILES string of the molecule is CCOc1ccc(CN(C)Cn2ncn(-c3ccccc3C)c2=S)cc1OC. The molecule has 1 heterocycles. The maximum absolute atomic E-state index is 5.64. The van der Waals surface area contributed by atoms with Crippen molar-refractivity contribution < 1.29 is 9.47 Å². The van der Waals surface area contributed by atoms with Crippen molar-refractivity contribution in [3.63, 3.8) is 0 Å². The predicted octanol–water partition coefficient (Wildman–Crippen LogP) is 4.21. The molecule has 0 saturated heterocycles. The summed E-state index contributed by atoms with van der Waals surface area (Å²) in [5.41, 5.74) is 3.35. The van der Waals surface area contributed by atoms with E-state index in [4.69, 9.17) is 21.7 Å². The molecule has 0 atom stereocenters. The van der Waals surface area contributed by atoms with E-state index in [1.165, 1.54) is 0 Å². The molecule has 28 heavy (non-hydrogen) atoms. The summed E-state index contributed by atoms with van der Waals surface area (Å²) in [6.45, 7) is 5.97. The molecule has 6 nitrogen and oxygen atoms in total. The zero-order chi connectivity index (χ0) is 20.1. The third-order valence-electron chi connectivity index (χ3n) is 4.46. The van der Waals surface area contributed by atoms with E-state index in [1.54, 1.807) is 13.4 Å². The Morgan fingerprint density at radius 1 is 1.14 bits per heavy atom. The molecule has 0 aliphatic rings. The van der Waals surface area contributed by atoms with Crippen molar-refractivity contribution in [3.8, 4) is 17.2 Å². The molecular weight excluding hydrogens is 372 g/mol. The maximum atomic E-state index is 5.64. The fourth-order valence-electron chi connectivity index (χ4n) is 3.11. The van der Waals surface area contributed by atoms with E-state index in [0.717, 1.165) is 34.9 Å². The summed E-state index contributed by atoms with van der Waals surface area (Å²) in [6, 6.07) is 14.2. The molecule has 3 rings (SSSR count). The smallest absolute Gasteiger partial charge is 0.203 e. The highest BCUT2D eigenvalue weighted by Crippen LogP contribution is 2.28. The van der Waals surface area contributed by atoms with E-state index in [0.29, 0.717) is 18.0 Å². The average Bonchev–Trinajstić information content (AvgIpc) is 3.03. The van der Waals surface area contributed by atoms with E-state index in [-0.39, 0.29) is 0 Å². The van der Waals surface area contributed by atoms with Gasteiger partial charge in [-0.1, -0.05) is 24.3 Å². The van der Waals surface area contributed by atoms with Gasteiger partial charge in [-0.2, -0.15) is 5.10 Å². The molecule has 1 aromatic heterocycles. The van der Waals surface area contributed by atoms with Crippen molar-refractivity contribution in [1.82, 2.24) is 19.2 Å². The minimum Gasteiger partial charge on any atom is -0.493 e. The quantitative estimate of drug-likeness (QED) is 0.532. The Kier molecular flexibility index (Phi) is 6.49. The van der Waals surface area contributed by atoms with Gasteiger partial charge in [0.25, 0.3) is 0 Å². The Morgan fingerprint density at radius 2 is 1.93 bits per heavy atom. The lowest BCUT2D eigenvalue weighted by molar-refractivity contribution is 0.243. The van der Waals surface area contributed by atoms with Crippen LogP contribution in [-0.2, 0) is 13.2 Å². The summed E-state index contributed by atoms with van der Waals surface area (Å²) in [5.74, 6) is 1.50. The normalized spacial score (nSPS) is 11.0. The highest BCUT2D eigenvalue weighted by molar-refractivity contribution is 7.71. The summed E-state index contributed by atoms with van der Waals surface area (Å²) in [4.78, 5) is 2.15. The largest absolute Gasteiger partial charge is 0.493 e. The molecule has 148 valence electrons. The number of hydrogen-bond acceptors (Lipinski definition) is 5. The standard InChI is InChI=1S/C21H26N4O2S/c1-5-27-19-11-10-17(12-20(19)26-4)13-23(3)15-25-21(28)24(14-22-25)18-9-7-6-8-16(18)2/h6-12,14H,5,13,15H2,1-4H3. The summed E-state index contributed by atoms with van der Waals surface area (Å²) in [6.07, 6.45) is 1.78. The Balaban J connectivity index is 1.73. The lowest BCUT2D eigenvalue weighted by Gasteiger charge is -2.18. The number of rotatable bonds is 8. The summed E-state index contributed by atoms with van der Waals surface area (Å²) in [7, 11) is 3.69. The summed E-state index contributed by atoms with van der Waals surface area (Å²) in [5, 5.41) is 4.48. The molecule has 0 radical (unpaired) electrons. The topological polar surface area (TPSA) is 44.5 Å². The van der Waals surface area contributed by atoms with Crippen molar-refractivity contribution in [1.29, 1.82) is 0 Å². The molecule has 0 amide bonds. The molecule has 0 aliphatic heterocycles. The van der Waals surface area contributed by atoms with Crippen LogP contribution in [0.1, 0.15) is 18.1 Å². The molecule has 0 spiro atoms.